The van der Waals surface area contributed by atoms with Crippen LogP contribution in [0.5, 0.6) is 0 Å². The predicted molar refractivity (Wildman–Crippen MR) is 108 cm³/mol. The van der Waals surface area contributed by atoms with Gasteiger partial charge in [-0.05, 0) is 53.5 Å². The number of rotatable bonds is 3. The van der Waals surface area contributed by atoms with Gasteiger partial charge in [-0.1, -0.05) is 17.8 Å². The average molecular weight is 377 g/mol. The van der Waals surface area contributed by atoms with E-state index in [1.807, 2.05) is 34.4 Å². The normalized spacial score (nSPS) is 14.8. The summed E-state index contributed by atoms with van der Waals surface area (Å²) in [6, 6.07) is 13.2. The molecule has 0 saturated heterocycles. The van der Waals surface area contributed by atoms with Gasteiger partial charge in [-0.15, -0.1) is 45.8 Å². The van der Waals surface area contributed by atoms with E-state index in [2.05, 4.69) is 59.5 Å². The van der Waals surface area contributed by atoms with Crippen LogP contribution in [0.1, 0.15) is 14.6 Å². The molecule has 22 heavy (non-hydrogen) atoms. The highest BCUT2D eigenvalue weighted by Gasteiger charge is 2.16. The van der Waals surface area contributed by atoms with Gasteiger partial charge < -0.3 is 0 Å². The molecule has 0 aromatic carbocycles. The van der Waals surface area contributed by atoms with E-state index < -0.39 is 0 Å². The average Bonchev–Trinajstić information content (AvgIpc) is 3.28. The molecule has 4 heterocycles. The lowest BCUT2D eigenvalue weighted by Gasteiger charge is -2.11. The summed E-state index contributed by atoms with van der Waals surface area (Å²) in [7, 11) is 0. The van der Waals surface area contributed by atoms with Gasteiger partial charge in [-0.2, -0.15) is 0 Å². The van der Waals surface area contributed by atoms with Crippen molar-refractivity contribution in [3.63, 3.8) is 0 Å². The van der Waals surface area contributed by atoms with Crippen LogP contribution in [0.4, 0.5) is 0 Å². The first-order valence-electron chi connectivity index (χ1n) is 6.74. The van der Waals surface area contributed by atoms with E-state index in [4.69, 9.17) is 0 Å². The van der Waals surface area contributed by atoms with Crippen LogP contribution in [-0.4, -0.2) is 0 Å². The molecule has 3 aromatic rings. The second-order valence-electron chi connectivity index (χ2n) is 4.75. The fourth-order valence-electron chi connectivity index (χ4n) is 2.13. The van der Waals surface area contributed by atoms with Crippen molar-refractivity contribution < 1.29 is 0 Å². The Kier molecular flexibility index (Phi) is 4.33. The second kappa shape index (κ2) is 6.42. The maximum atomic E-state index is 2.26. The Balaban J connectivity index is 1.58. The maximum Gasteiger partial charge on any atom is 0.0449 e. The lowest BCUT2D eigenvalue weighted by atomic mass is 10.3. The zero-order valence-electron chi connectivity index (χ0n) is 11.7. The zero-order valence-corrected chi connectivity index (χ0v) is 15.8. The number of hydrogen-bond donors (Lipinski definition) is 0. The molecule has 0 saturated carbocycles. The summed E-state index contributed by atoms with van der Waals surface area (Å²) in [5.74, 6) is 0. The molecule has 0 atom stereocenters. The largest absolute Gasteiger partial charge is 0.143 e. The van der Waals surface area contributed by atoms with E-state index in [-0.39, 0.29) is 0 Å². The van der Waals surface area contributed by atoms with E-state index >= 15 is 0 Å². The van der Waals surface area contributed by atoms with Gasteiger partial charge in [-0.25, -0.2) is 0 Å². The molecule has 0 fully saturated rings. The predicted octanol–water partition coefficient (Wildman–Crippen LogP) is 7.62. The molecule has 5 heteroatoms. The second-order valence-corrected chi connectivity index (χ2v) is 9.90. The number of thioether (sulfide) groups is 2. The first-order valence-corrected chi connectivity index (χ1v) is 11.0. The quantitative estimate of drug-likeness (QED) is 0.461. The van der Waals surface area contributed by atoms with E-state index in [0.717, 1.165) is 0 Å². The minimum Gasteiger partial charge on any atom is -0.143 e. The van der Waals surface area contributed by atoms with Crippen LogP contribution in [-0.2, 0) is 0 Å². The Hall–Kier alpha value is -0.720. The van der Waals surface area contributed by atoms with Gasteiger partial charge in [0.25, 0.3) is 0 Å². The molecule has 110 valence electrons. The molecule has 0 nitrogen and oxygen atoms in total. The third-order valence-corrected chi connectivity index (χ3v) is 8.80. The van der Waals surface area contributed by atoms with Gasteiger partial charge in [0.2, 0.25) is 0 Å². The highest BCUT2D eigenvalue weighted by atomic mass is 32.2. The monoisotopic (exact) mass is 376 g/mol. The minimum absolute atomic E-state index is 1.36. The van der Waals surface area contributed by atoms with Crippen LogP contribution < -0.4 is 0 Å². The van der Waals surface area contributed by atoms with Gasteiger partial charge in [0.05, 0.1) is 0 Å². The molecule has 0 aliphatic carbocycles. The van der Waals surface area contributed by atoms with Crippen molar-refractivity contribution in [1.82, 2.24) is 0 Å². The fourth-order valence-corrected chi connectivity index (χ4v) is 7.17. The SMILES string of the molecule is Cc1ccc(C2=CSC=C(c3ccc(-c4cccs4)s3)S2)s1. The molecule has 0 radical (unpaired) electrons. The van der Waals surface area contributed by atoms with E-state index in [0.29, 0.717) is 0 Å². The molecule has 1 aliphatic heterocycles. The molecule has 3 aromatic heterocycles. The third kappa shape index (κ3) is 3.01. The van der Waals surface area contributed by atoms with E-state index in [1.165, 1.54) is 34.2 Å². The Bertz CT molecular complexity index is 845. The molecule has 1 aliphatic rings. The van der Waals surface area contributed by atoms with Crippen molar-refractivity contribution in [2.24, 2.45) is 0 Å². The molecule has 0 spiro atoms. The van der Waals surface area contributed by atoms with Crippen LogP contribution in [0.25, 0.3) is 19.6 Å². The van der Waals surface area contributed by atoms with Crippen LogP contribution in [0.3, 0.4) is 0 Å². The van der Waals surface area contributed by atoms with Crippen LogP contribution >= 0.6 is 57.5 Å². The molecule has 4 rings (SSSR count). The topological polar surface area (TPSA) is 0 Å². The van der Waals surface area contributed by atoms with Crippen molar-refractivity contribution in [2.45, 2.75) is 6.92 Å². The highest BCUT2D eigenvalue weighted by Crippen LogP contribution is 2.49. The Morgan fingerprint density at radius 1 is 0.727 bits per heavy atom. The highest BCUT2D eigenvalue weighted by molar-refractivity contribution is 8.20. The van der Waals surface area contributed by atoms with Gasteiger partial charge in [0.1, 0.15) is 0 Å². The third-order valence-electron chi connectivity index (χ3n) is 3.17. The zero-order chi connectivity index (χ0) is 14.9. The first-order chi connectivity index (χ1) is 10.8. The summed E-state index contributed by atoms with van der Waals surface area (Å²) < 4.78 is 0. The number of aryl methyl sites for hydroxylation is 1. The lowest BCUT2D eigenvalue weighted by Crippen LogP contribution is -1.80. The number of thiophene rings is 3. The maximum absolute atomic E-state index is 2.26. The first kappa shape index (κ1) is 14.8. The van der Waals surface area contributed by atoms with Gasteiger partial charge in [-0.3, -0.25) is 0 Å². The summed E-state index contributed by atoms with van der Waals surface area (Å²) in [5.41, 5.74) is 0. The molecular weight excluding hydrogens is 365 g/mol. The fraction of sp³-hybridized carbons (Fsp3) is 0.0588. The Morgan fingerprint density at radius 2 is 1.45 bits per heavy atom. The Labute approximate surface area is 150 Å². The van der Waals surface area contributed by atoms with Crippen molar-refractivity contribution in [3.05, 3.63) is 67.2 Å². The summed E-state index contributed by atoms with van der Waals surface area (Å²) >= 11 is 9.23. The summed E-state index contributed by atoms with van der Waals surface area (Å²) in [6.45, 7) is 2.17. The smallest absolute Gasteiger partial charge is 0.0449 e. The van der Waals surface area contributed by atoms with Crippen LogP contribution in [0.2, 0.25) is 0 Å². The van der Waals surface area contributed by atoms with Crippen molar-refractivity contribution in [1.29, 1.82) is 0 Å². The molecule has 0 N–H and O–H groups in total. The minimum atomic E-state index is 1.36. The van der Waals surface area contributed by atoms with Gasteiger partial charge in [0.15, 0.2) is 0 Å². The summed E-state index contributed by atoms with van der Waals surface area (Å²) in [4.78, 5) is 9.55. The van der Waals surface area contributed by atoms with Crippen LogP contribution in [0, 0.1) is 6.92 Å². The van der Waals surface area contributed by atoms with Gasteiger partial charge >= 0.3 is 0 Å². The summed E-state index contributed by atoms with van der Waals surface area (Å²) in [5, 5.41) is 6.66. The number of hydrogen-bond acceptors (Lipinski definition) is 5. The van der Waals surface area contributed by atoms with Crippen molar-refractivity contribution in [2.75, 3.05) is 0 Å². The van der Waals surface area contributed by atoms with Crippen LogP contribution in [0.15, 0.2) is 52.6 Å². The Morgan fingerprint density at radius 3 is 2.14 bits per heavy atom. The molecule has 0 unspecified atom stereocenters. The summed E-state index contributed by atoms with van der Waals surface area (Å²) in [6.07, 6.45) is 0. The standard InChI is InChI=1S/C17H12S5/c1-11-4-5-14(20-11)16-9-18-10-17(22-16)15-7-6-13(21-15)12-3-2-8-19-12/h2-10H,1H3. The lowest BCUT2D eigenvalue weighted by molar-refractivity contribution is 1.64. The van der Waals surface area contributed by atoms with Crippen molar-refractivity contribution >= 4 is 67.3 Å². The molecular formula is C17H12S5. The van der Waals surface area contributed by atoms with Crippen molar-refractivity contribution in [3.8, 4) is 9.75 Å². The molecule has 0 amide bonds. The van der Waals surface area contributed by atoms with E-state index in [1.54, 1.807) is 23.1 Å². The molecule has 0 bridgehead atoms. The van der Waals surface area contributed by atoms with Gasteiger partial charge in [0, 0.05) is 34.2 Å². The van der Waals surface area contributed by atoms with E-state index in [9.17, 15) is 0 Å².